The molecule has 0 aliphatic heterocycles. The van der Waals surface area contributed by atoms with Crippen molar-refractivity contribution in [3.05, 3.63) is 34.3 Å². The van der Waals surface area contributed by atoms with E-state index in [-0.39, 0.29) is 0 Å². The average Bonchev–Trinajstić information content (AvgIpc) is 2.17. The molecule has 3 heteroatoms. The Bertz CT molecular complexity index is 258. The fraction of sp³-hybridized carbons (Fsp3) is 0.455. The summed E-state index contributed by atoms with van der Waals surface area (Å²) >= 11 is 3.41. The first-order valence-electron chi connectivity index (χ1n) is 4.90. The smallest absolute Gasteiger partial charge is 0.0207 e. The van der Waals surface area contributed by atoms with E-state index in [1.165, 1.54) is 5.56 Å². The van der Waals surface area contributed by atoms with Crippen LogP contribution in [0.3, 0.4) is 0 Å². The molecule has 0 aliphatic rings. The molecule has 2 nitrogen and oxygen atoms in total. The third kappa shape index (κ3) is 4.22. The van der Waals surface area contributed by atoms with Crippen molar-refractivity contribution in [2.24, 2.45) is 5.73 Å². The van der Waals surface area contributed by atoms with Gasteiger partial charge in [-0.3, -0.25) is 0 Å². The van der Waals surface area contributed by atoms with Crippen LogP contribution in [0.1, 0.15) is 18.9 Å². The molecule has 1 unspecified atom stereocenters. The van der Waals surface area contributed by atoms with E-state index in [2.05, 4.69) is 52.4 Å². The van der Waals surface area contributed by atoms with E-state index >= 15 is 0 Å². The van der Waals surface area contributed by atoms with E-state index in [4.69, 9.17) is 5.73 Å². The first-order valence-corrected chi connectivity index (χ1v) is 5.69. The highest BCUT2D eigenvalue weighted by Crippen LogP contribution is 2.10. The molecule has 14 heavy (non-hydrogen) atoms. The predicted molar refractivity (Wildman–Crippen MR) is 64.1 cm³/mol. The average molecular weight is 257 g/mol. The maximum Gasteiger partial charge on any atom is 0.0207 e. The Labute approximate surface area is 94.0 Å². The van der Waals surface area contributed by atoms with Gasteiger partial charge in [0.25, 0.3) is 0 Å². The quantitative estimate of drug-likeness (QED) is 0.849. The second-order valence-corrected chi connectivity index (χ2v) is 4.40. The van der Waals surface area contributed by atoms with Crippen molar-refractivity contribution in [2.45, 2.75) is 25.9 Å². The van der Waals surface area contributed by atoms with Crippen LogP contribution in [0.2, 0.25) is 0 Å². The normalized spacial score (nSPS) is 12.8. The van der Waals surface area contributed by atoms with Gasteiger partial charge in [0.15, 0.2) is 0 Å². The maximum atomic E-state index is 5.47. The Hall–Kier alpha value is -0.380. The van der Waals surface area contributed by atoms with E-state index in [1.54, 1.807) is 0 Å². The van der Waals surface area contributed by atoms with Crippen molar-refractivity contribution in [2.75, 3.05) is 6.54 Å². The Balaban J connectivity index is 2.34. The lowest BCUT2D eigenvalue weighted by atomic mass is 10.2. The Morgan fingerprint density at radius 3 is 2.57 bits per heavy atom. The number of halogens is 1. The molecular formula is C11H17BrN2. The molecule has 0 saturated carbocycles. The van der Waals surface area contributed by atoms with Gasteiger partial charge in [0, 0.05) is 17.1 Å². The van der Waals surface area contributed by atoms with E-state index in [9.17, 15) is 0 Å². The number of nitrogens with two attached hydrogens (primary N) is 1. The van der Waals surface area contributed by atoms with Crippen molar-refractivity contribution in [1.82, 2.24) is 5.32 Å². The molecule has 78 valence electrons. The van der Waals surface area contributed by atoms with Crippen LogP contribution < -0.4 is 11.1 Å². The second-order valence-electron chi connectivity index (χ2n) is 3.49. The summed E-state index contributed by atoms with van der Waals surface area (Å²) in [6, 6.07) is 8.84. The second kappa shape index (κ2) is 6.17. The van der Waals surface area contributed by atoms with Crippen LogP contribution >= 0.6 is 15.9 Å². The Kier molecular flexibility index (Phi) is 5.15. The number of hydrogen-bond donors (Lipinski definition) is 2. The third-order valence-corrected chi connectivity index (χ3v) is 2.70. The molecular weight excluding hydrogens is 240 g/mol. The first-order chi connectivity index (χ1) is 6.72. The third-order valence-electron chi connectivity index (χ3n) is 2.17. The molecule has 1 atom stereocenters. The number of nitrogens with one attached hydrogen (secondary N) is 1. The fourth-order valence-corrected chi connectivity index (χ4v) is 1.51. The molecule has 0 heterocycles. The van der Waals surface area contributed by atoms with Crippen LogP contribution in [0.25, 0.3) is 0 Å². The van der Waals surface area contributed by atoms with Crippen LogP contribution in [0.5, 0.6) is 0 Å². The van der Waals surface area contributed by atoms with E-state index in [0.29, 0.717) is 6.04 Å². The maximum absolute atomic E-state index is 5.47. The number of benzene rings is 1. The van der Waals surface area contributed by atoms with Gasteiger partial charge in [-0.1, -0.05) is 28.1 Å². The zero-order valence-corrected chi connectivity index (χ0v) is 10.0. The van der Waals surface area contributed by atoms with Gasteiger partial charge in [-0.05, 0) is 37.6 Å². The Morgan fingerprint density at radius 1 is 1.36 bits per heavy atom. The zero-order chi connectivity index (χ0) is 10.4. The van der Waals surface area contributed by atoms with Crippen LogP contribution in [0, 0.1) is 0 Å². The standard InChI is InChI=1S/C11H17BrN2/c1-9(6-7-13)14-8-10-2-4-11(12)5-3-10/h2-5,9,14H,6-8,13H2,1H3. The summed E-state index contributed by atoms with van der Waals surface area (Å²) in [5.74, 6) is 0. The fourth-order valence-electron chi connectivity index (χ4n) is 1.25. The lowest BCUT2D eigenvalue weighted by Crippen LogP contribution is -2.27. The molecule has 0 aromatic heterocycles. The van der Waals surface area contributed by atoms with Gasteiger partial charge >= 0.3 is 0 Å². The SMILES string of the molecule is CC(CCN)NCc1ccc(Br)cc1. The van der Waals surface area contributed by atoms with Gasteiger partial charge in [0.1, 0.15) is 0 Å². The van der Waals surface area contributed by atoms with E-state index < -0.39 is 0 Å². The topological polar surface area (TPSA) is 38.0 Å². The molecule has 1 aromatic rings. The molecule has 0 radical (unpaired) electrons. The summed E-state index contributed by atoms with van der Waals surface area (Å²) in [4.78, 5) is 0. The minimum atomic E-state index is 0.489. The lowest BCUT2D eigenvalue weighted by Gasteiger charge is -2.12. The predicted octanol–water partition coefficient (Wildman–Crippen LogP) is 2.28. The Morgan fingerprint density at radius 2 is 2.00 bits per heavy atom. The van der Waals surface area contributed by atoms with Gasteiger partial charge in [-0.15, -0.1) is 0 Å². The van der Waals surface area contributed by atoms with Crippen molar-refractivity contribution >= 4 is 15.9 Å². The molecule has 0 spiro atoms. The highest BCUT2D eigenvalue weighted by Gasteiger charge is 1.99. The van der Waals surface area contributed by atoms with Crippen molar-refractivity contribution < 1.29 is 0 Å². The molecule has 0 aliphatic carbocycles. The molecule has 1 aromatic carbocycles. The summed E-state index contributed by atoms with van der Waals surface area (Å²) in [5.41, 5.74) is 6.77. The van der Waals surface area contributed by atoms with Gasteiger partial charge in [-0.25, -0.2) is 0 Å². The van der Waals surface area contributed by atoms with Crippen LogP contribution in [0.4, 0.5) is 0 Å². The molecule has 0 amide bonds. The van der Waals surface area contributed by atoms with Gasteiger partial charge in [0.05, 0.1) is 0 Å². The molecule has 0 bridgehead atoms. The van der Waals surface area contributed by atoms with Crippen molar-refractivity contribution in [3.8, 4) is 0 Å². The number of hydrogen-bond acceptors (Lipinski definition) is 2. The van der Waals surface area contributed by atoms with Gasteiger partial charge in [-0.2, -0.15) is 0 Å². The van der Waals surface area contributed by atoms with E-state index in [0.717, 1.165) is 24.0 Å². The summed E-state index contributed by atoms with van der Waals surface area (Å²) in [6.45, 7) is 3.81. The summed E-state index contributed by atoms with van der Waals surface area (Å²) in [7, 11) is 0. The van der Waals surface area contributed by atoms with Crippen LogP contribution in [0.15, 0.2) is 28.7 Å². The lowest BCUT2D eigenvalue weighted by molar-refractivity contribution is 0.520. The number of rotatable bonds is 5. The highest BCUT2D eigenvalue weighted by atomic mass is 79.9. The van der Waals surface area contributed by atoms with Gasteiger partial charge < -0.3 is 11.1 Å². The van der Waals surface area contributed by atoms with Gasteiger partial charge in [0.2, 0.25) is 0 Å². The zero-order valence-electron chi connectivity index (χ0n) is 8.46. The summed E-state index contributed by atoms with van der Waals surface area (Å²) in [5, 5.41) is 3.42. The minimum absolute atomic E-state index is 0.489. The van der Waals surface area contributed by atoms with Crippen molar-refractivity contribution in [1.29, 1.82) is 0 Å². The molecule has 1 rings (SSSR count). The van der Waals surface area contributed by atoms with Crippen LogP contribution in [-0.2, 0) is 6.54 Å². The van der Waals surface area contributed by atoms with Crippen molar-refractivity contribution in [3.63, 3.8) is 0 Å². The van der Waals surface area contributed by atoms with Crippen LogP contribution in [-0.4, -0.2) is 12.6 Å². The molecule has 3 N–H and O–H groups in total. The molecule has 0 fully saturated rings. The monoisotopic (exact) mass is 256 g/mol. The minimum Gasteiger partial charge on any atom is -0.330 e. The largest absolute Gasteiger partial charge is 0.330 e. The first kappa shape index (κ1) is 11.7. The highest BCUT2D eigenvalue weighted by molar-refractivity contribution is 9.10. The summed E-state index contributed by atoms with van der Waals surface area (Å²) in [6.07, 6.45) is 1.02. The molecule has 0 saturated heterocycles. The van der Waals surface area contributed by atoms with E-state index in [1.807, 2.05) is 0 Å². The summed E-state index contributed by atoms with van der Waals surface area (Å²) < 4.78 is 1.12.